The van der Waals surface area contributed by atoms with Gasteiger partial charge in [-0.2, -0.15) is 0 Å². The number of hydrogen-bond donors (Lipinski definition) is 7. The molecule has 0 aliphatic carbocycles. The standard InChI is InChI=1S/C34H50N4O8/c1-20(2)27(31(43)38-32-29(41)28(40)26(19-35)45-32)37-30(42)23(16-21-12-8-6-9-13-21)18-25(39)24(17-22-14-10-7-11-15-22)36-33(44)46-34(3,4)5/h6-15,20,23-29,32,39-41H,16-19,35H2,1-5H3,(H,36,44)(H,37,42)(H,38,43)/t23?,24-,25-,26+,27+,28+,29+,32?/m0/s1. The molecule has 1 saturated heterocycles. The fourth-order valence-corrected chi connectivity index (χ4v) is 5.35. The lowest BCUT2D eigenvalue weighted by Gasteiger charge is -2.30. The van der Waals surface area contributed by atoms with Crippen molar-refractivity contribution >= 4 is 17.9 Å². The molecule has 12 nitrogen and oxygen atoms in total. The number of amides is 3. The van der Waals surface area contributed by atoms with Gasteiger partial charge in [-0.1, -0.05) is 74.5 Å². The number of aliphatic hydroxyl groups excluding tert-OH is 3. The van der Waals surface area contributed by atoms with E-state index < -0.39 is 72.2 Å². The van der Waals surface area contributed by atoms with E-state index in [2.05, 4.69) is 16.0 Å². The van der Waals surface area contributed by atoms with E-state index in [9.17, 15) is 29.7 Å². The summed E-state index contributed by atoms with van der Waals surface area (Å²) in [4.78, 5) is 40.0. The number of carbonyl (C=O) groups excluding carboxylic acids is 3. The first-order valence-corrected chi connectivity index (χ1v) is 15.8. The Morgan fingerprint density at radius 3 is 1.96 bits per heavy atom. The molecule has 12 heteroatoms. The minimum atomic E-state index is -1.39. The Morgan fingerprint density at radius 2 is 1.46 bits per heavy atom. The Kier molecular flexibility index (Phi) is 13.5. The molecule has 0 saturated carbocycles. The van der Waals surface area contributed by atoms with E-state index in [0.29, 0.717) is 0 Å². The smallest absolute Gasteiger partial charge is 0.407 e. The van der Waals surface area contributed by atoms with Crippen molar-refractivity contribution in [2.45, 2.75) is 102 Å². The number of benzene rings is 2. The highest BCUT2D eigenvalue weighted by atomic mass is 16.6. The van der Waals surface area contributed by atoms with Crippen LogP contribution in [-0.4, -0.2) is 88.1 Å². The van der Waals surface area contributed by atoms with Crippen molar-refractivity contribution in [1.29, 1.82) is 0 Å². The van der Waals surface area contributed by atoms with Crippen LogP contribution in [0.3, 0.4) is 0 Å². The van der Waals surface area contributed by atoms with Crippen molar-refractivity contribution in [3.63, 3.8) is 0 Å². The highest BCUT2D eigenvalue weighted by Gasteiger charge is 2.43. The van der Waals surface area contributed by atoms with Gasteiger partial charge in [-0.3, -0.25) is 9.59 Å². The summed E-state index contributed by atoms with van der Waals surface area (Å²) in [5.41, 5.74) is 6.57. The minimum Gasteiger partial charge on any atom is -0.444 e. The Balaban J connectivity index is 1.81. The third-order valence-electron chi connectivity index (χ3n) is 7.81. The second-order valence-corrected chi connectivity index (χ2v) is 13.2. The monoisotopic (exact) mass is 642 g/mol. The third-order valence-corrected chi connectivity index (χ3v) is 7.81. The van der Waals surface area contributed by atoms with Crippen molar-refractivity contribution in [2.75, 3.05) is 6.54 Å². The Bertz CT molecular complexity index is 1260. The number of aliphatic hydroxyl groups is 3. The quantitative estimate of drug-likeness (QED) is 0.160. The van der Waals surface area contributed by atoms with Gasteiger partial charge in [0.2, 0.25) is 11.8 Å². The summed E-state index contributed by atoms with van der Waals surface area (Å²) in [6, 6.07) is 16.9. The van der Waals surface area contributed by atoms with E-state index >= 15 is 0 Å². The van der Waals surface area contributed by atoms with Gasteiger partial charge in [-0.15, -0.1) is 0 Å². The van der Waals surface area contributed by atoms with E-state index in [1.54, 1.807) is 34.6 Å². The number of carbonyl (C=O) groups is 3. The van der Waals surface area contributed by atoms with Crippen molar-refractivity contribution in [3.05, 3.63) is 71.8 Å². The van der Waals surface area contributed by atoms with Gasteiger partial charge in [0, 0.05) is 12.5 Å². The van der Waals surface area contributed by atoms with Crippen LogP contribution in [0.1, 0.15) is 52.2 Å². The predicted octanol–water partition coefficient (Wildman–Crippen LogP) is 1.39. The van der Waals surface area contributed by atoms with E-state index in [-0.39, 0.29) is 31.7 Å². The SMILES string of the molecule is CC(C)[C@@H](NC(=O)C(Cc1ccccc1)C[C@H](O)[C@H](Cc1ccccc1)NC(=O)OC(C)(C)C)C(=O)NC1O[C@H](CN)[C@@H](O)[C@H]1O. The largest absolute Gasteiger partial charge is 0.444 e. The molecule has 8 atom stereocenters. The van der Waals surface area contributed by atoms with E-state index in [1.807, 2.05) is 60.7 Å². The molecule has 1 fully saturated rings. The van der Waals surface area contributed by atoms with Gasteiger partial charge in [0.25, 0.3) is 0 Å². The Labute approximate surface area is 271 Å². The zero-order valence-electron chi connectivity index (χ0n) is 27.3. The fraction of sp³-hybridized carbons (Fsp3) is 0.559. The number of nitrogens with two attached hydrogens (primary N) is 1. The van der Waals surface area contributed by atoms with Crippen molar-refractivity contribution in [1.82, 2.24) is 16.0 Å². The van der Waals surface area contributed by atoms with Gasteiger partial charge >= 0.3 is 6.09 Å². The molecule has 2 aromatic carbocycles. The maximum atomic E-state index is 13.9. The lowest BCUT2D eigenvalue weighted by Crippen LogP contribution is -2.55. The molecule has 3 rings (SSSR count). The van der Waals surface area contributed by atoms with Crippen LogP contribution in [0.4, 0.5) is 4.79 Å². The molecular weight excluding hydrogens is 592 g/mol. The van der Waals surface area contributed by atoms with E-state index in [1.165, 1.54) is 0 Å². The summed E-state index contributed by atoms with van der Waals surface area (Å²) >= 11 is 0. The maximum absolute atomic E-state index is 13.9. The topological polar surface area (TPSA) is 192 Å². The summed E-state index contributed by atoms with van der Waals surface area (Å²) < 4.78 is 11.0. The highest BCUT2D eigenvalue weighted by molar-refractivity contribution is 5.89. The zero-order chi connectivity index (χ0) is 34.0. The number of alkyl carbamates (subject to hydrolysis) is 1. The van der Waals surface area contributed by atoms with Gasteiger partial charge < -0.3 is 46.5 Å². The van der Waals surface area contributed by atoms with Crippen molar-refractivity contribution in [2.24, 2.45) is 17.6 Å². The van der Waals surface area contributed by atoms with Gasteiger partial charge in [0.1, 0.15) is 30.0 Å². The molecule has 8 N–H and O–H groups in total. The highest BCUT2D eigenvalue weighted by Crippen LogP contribution is 2.22. The number of nitrogens with one attached hydrogen (secondary N) is 3. The average molecular weight is 643 g/mol. The van der Waals surface area contributed by atoms with Crippen LogP contribution in [0.2, 0.25) is 0 Å². The normalized spacial score (nSPS) is 22.4. The second kappa shape index (κ2) is 16.8. The molecule has 0 aromatic heterocycles. The van der Waals surface area contributed by atoms with Gasteiger partial charge in [0.15, 0.2) is 6.23 Å². The van der Waals surface area contributed by atoms with Gasteiger partial charge in [-0.25, -0.2) is 4.79 Å². The number of hydrogen-bond acceptors (Lipinski definition) is 9. The van der Waals surface area contributed by atoms with Crippen LogP contribution in [0.15, 0.2) is 60.7 Å². The molecule has 1 aliphatic heterocycles. The van der Waals surface area contributed by atoms with Crippen LogP contribution in [0, 0.1) is 11.8 Å². The molecule has 1 heterocycles. The number of ether oxygens (including phenoxy) is 2. The molecule has 0 radical (unpaired) electrons. The molecule has 3 amide bonds. The van der Waals surface area contributed by atoms with Crippen molar-refractivity contribution < 1.29 is 39.2 Å². The summed E-state index contributed by atoms with van der Waals surface area (Å²) in [5, 5.41) is 40.2. The first-order valence-electron chi connectivity index (χ1n) is 15.8. The van der Waals surface area contributed by atoms with E-state index in [4.69, 9.17) is 15.2 Å². The Hall–Kier alpha value is -3.55. The number of rotatable bonds is 14. The minimum absolute atomic E-state index is 0.0325. The first kappa shape index (κ1) is 36.9. The van der Waals surface area contributed by atoms with Crippen LogP contribution in [0.5, 0.6) is 0 Å². The molecule has 254 valence electrons. The zero-order valence-corrected chi connectivity index (χ0v) is 27.3. The summed E-state index contributed by atoms with van der Waals surface area (Å²) in [5.74, 6) is -2.23. The van der Waals surface area contributed by atoms with E-state index in [0.717, 1.165) is 11.1 Å². The van der Waals surface area contributed by atoms with Crippen molar-refractivity contribution in [3.8, 4) is 0 Å². The summed E-state index contributed by atoms with van der Waals surface area (Å²) in [6.45, 7) is 8.71. The fourth-order valence-electron chi connectivity index (χ4n) is 5.35. The summed E-state index contributed by atoms with van der Waals surface area (Å²) in [6.07, 6.45) is -6.03. The summed E-state index contributed by atoms with van der Waals surface area (Å²) in [7, 11) is 0. The second-order valence-electron chi connectivity index (χ2n) is 13.2. The molecule has 0 spiro atoms. The maximum Gasteiger partial charge on any atom is 0.407 e. The van der Waals surface area contributed by atoms with Gasteiger partial charge in [-0.05, 0) is 57.1 Å². The predicted molar refractivity (Wildman–Crippen MR) is 172 cm³/mol. The lowest BCUT2D eigenvalue weighted by molar-refractivity contribution is -0.136. The molecule has 2 unspecified atom stereocenters. The van der Waals surface area contributed by atoms with Crippen LogP contribution < -0.4 is 21.7 Å². The molecule has 46 heavy (non-hydrogen) atoms. The van der Waals surface area contributed by atoms with Crippen LogP contribution in [-0.2, 0) is 31.9 Å². The van der Waals surface area contributed by atoms with Gasteiger partial charge in [0.05, 0.1) is 12.1 Å². The molecule has 2 aromatic rings. The molecule has 0 bridgehead atoms. The Morgan fingerprint density at radius 1 is 0.891 bits per heavy atom. The lowest BCUT2D eigenvalue weighted by atomic mass is 9.88. The van der Waals surface area contributed by atoms with Crippen LogP contribution >= 0.6 is 0 Å². The molecular formula is C34H50N4O8. The third kappa shape index (κ3) is 11.1. The molecule has 1 aliphatic rings. The van der Waals surface area contributed by atoms with Crippen LogP contribution in [0.25, 0.3) is 0 Å². The first-order chi connectivity index (χ1) is 21.7. The average Bonchev–Trinajstić information content (AvgIpc) is 3.26.